The maximum Gasteiger partial charge on any atom is 0.0592 e. The van der Waals surface area contributed by atoms with Gasteiger partial charge in [-0.25, -0.2) is 0 Å². The minimum absolute atomic E-state index is 0.221. The lowest BCUT2D eigenvalue weighted by Gasteiger charge is -2.26. The van der Waals surface area contributed by atoms with Crippen LogP contribution in [0.1, 0.15) is 53.6 Å². The summed E-state index contributed by atoms with van der Waals surface area (Å²) < 4.78 is 0. The van der Waals surface area contributed by atoms with E-state index in [0.717, 1.165) is 11.6 Å². The molecule has 3 rings (SSSR count). The third kappa shape index (κ3) is 2.48. The highest BCUT2D eigenvalue weighted by Crippen LogP contribution is 2.36. The molecule has 1 aromatic carbocycles. The molecule has 1 aliphatic rings. The zero-order valence-corrected chi connectivity index (χ0v) is 12.3. The summed E-state index contributed by atoms with van der Waals surface area (Å²) in [5.74, 6) is 0.803. The summed E-state index contributed by atoms with van der Waals surface area (Å²) in [6.45, 7) is 2.07. The molecular formula is C18H22N2. The Bertz CT molecular complexity index is 570. The quantitative estimate of drug-likeness (QED) is 0.906. The third-order valence-corrected chi connectivity index (χ3v) is 4.49. The highest BCUT2D eigenvalue weighted by Gasteiger charge is 2.20. The van der Waals surface area contributed by atoms with Gasteiger partial charge in [0.2, 0.25) is 0 Å². The predicted octanol–water partition coefficient (Wildman–Crippen LogP) is 3.97. The maximum atomic E-state index is 4.40. The van der Waals surface area contributed by atoms with Crippen molar-refractivity contribution in [2.45, 2.75) is 38.1 Å². The molecule has 20 heavy (non-hydrogen) atoms. The standard InChI is InChI=1S/C18H22N2/c1-13-17(7-4-12-20-13)18(19-2)16-10-8-15(9-11-16)14-5-3-6-14/h4,7-12,14,18-19H,3,5-6H2,1-2H3. The van der Waals surface area contributed by atoms with Crippen molar-refractivity contribution in [3.05, 3.63) is 65.0 Å². The van der Waals surface area contributed by atoms with Crippen LogP contribution in [0.15, 0.2) is 42.6 Å². The lowest BCUT2D eigenvalue weighted by atomic mass is 9.79. The van der Waals surface area contributed by atoms with Gasteiger partial charge in [0.15, 0.2) is 0 Å². The van der Waals surface area contributed by atoms with Crippen molar-refractivity contribution in [3.63, 3.8) is 0 Å². The van der Waals surface area contributed by atoms with E-state index in [0.29, 0.717) is 0 Å². The second-order valence-corrected chi connectivity index (χ2v) is 5.69. The average molecular weight is 266 g/mol. The predicted molar refractivity (Wildman–Crippen MR) is 82.9 cm³/mol. The zero-order valence-electron chi connectivity index (χ0n) is 12.3. The molecule has 1 N–H and O–H groups in total. The van der Waals surface area contributed by atoms with Crippen LogP contribution in [0.25, 0.3) is 0 Å². The third-order valence-electron chi connectivity index (χ3n) is 4.49. The molecule has 1 saturated carbocycles. The number of aromatic nitrogens is 1. The Morgan fingerprint density at radius 2 is 1.90 bits per heavy atom. The van der Waals surface area contributed by atoms with E-state index in [-0.39, 0.29) is 6.04 Å². The van der Waals surface area contributed by atoms with E-state index in [2.05, 4.69) is 47.6 Å². The number of nitrogens with one attached hydrogen (secondary N) is 1. The first kappa shape index (κ1) is 13.3. The Hall–Kier alpha value is -1.67. The number of nitrogens with zero attached hydrogens (tertiary/aromatic N) is 1. The van der Waals surface area contributed by atoms with E-state index < -0.39 is 0 Å². The number of aryl methyl sites for hydroxylation is 1. The molecule has 0 radical (unpaired) electrons. The van der Waals surface area contributed by atoms with Gasteiger partial charge < -0.3 is 5.32 Å². The van der Waals surface area contributed by atoms with Gasteiger partial charge in [-0.3, -0.25) is 4.98 Å². The monoisotopic (exact) mass is 266 g/mol. The zero-order chi connectivity index (χ0) is 13.9. The Morgan fingerprint density at radius 3 is 2.45 bits per heavy atom. The Labute approximate surface area is 121 Å². The van der Waals surface area contributed by atoms with Crippen LogP contribution in [-0.2, 0) is 0 Å². The summed E-state index contributed by atoms with van der Waals surface area (Å²) in [6, 6.07) is 13.5. The van der Waals surface area contributed by atoms with Crippen molar-refractivity contribution in [2.75, 3.05) is 7.05 Å². The number of pyridine rings is 1. The molecule has 0 bridgehead atoms. The molecule has 1 heterocycles. The van der Waals surface area contributed by atoms with Crippen molar-refractivity contribution in [3.8, 4) is 0 Å². The van der Waals surface area contributed by atoms with Gasteiger partial charge in [0.05, 0.1) is 6.04 Å². The first-order chi connectivity index (χ1) is 9.79. The number of hydrogen-bond donors (Lipinski definition) is 1. The maximum absolute atomic E-state index is 4.40. The van der Waals surface area contributed by atoms with Crippen LogP contribution in [0.4, 0.5) is 0 Å². The average Bonchev–Trinajstić information content (AvgIpc) is 2.41. The Balaban J connectivity index is 1.87. The van der Waals surface area contributed by atoms with Gasteiger partial charge >= 0.3 is 0 Å². The van der Waals surface area contributed by atoms with Gasteiger partial charge in [-0.2, -0.15) is 0 Å². The largest absolute Gasteiger partial charge is 0.309 e. The van der Waals surface area contributed by atoms with Crippen LogP contribution in [-0.4, -0.2) is 12.0 Å². The van der Waals surface area contributed by atoms with Crippen molar-refractivity contribution < 1.29 is 0 Å². The van der Waals surface area contributed by atoms with E-state index in [1.165, 1.54) is 36.0 Å². The van der Waals surface area contributed by atoms with E-state index in [1.807, 2.05) is 19.3 Å². The molecule has 2 nitrogen and oxygen atoms in total. The van der Waals surface area contributed by atoms with E-state index in [9.17, 15) is 0 Å². The van der Waals surface area contributed by atoms with Crippen molar-refractivity contribution in [1.29, 1.82) is 0 Å². The number of benzene rings is 1. The number of rotatable bonds is 4. The smallest absolute Gasteiger partial charge is 0.0592 e. The summed E-state index contributed by atoms with van der Waals surface area (Å²) in [7, 11) is 2.01. The SMILES string of the molecule is CNC(c1ccc(C2CCC2)cc1)c1cccnc1C. The number of hydrogen-bond acceptors (Lipinski definition) is 2. The molecular weight excluding hydrogens is 244 g/mol. The van der Waals surface area contributed by atoms with Crippen LogP contribution in [0.5, 0.6) is 0 Å². The Morgan fingerprint density at radius 1 is 1.15 bits per heavy atom. The van der Waals surface area contributed by atoms with Crippen LogP contribution in [0, 0.1) is 6.92 Å². The summed E-state index contributed by atoms with van der Waals surface area (Å²) in [5, 5.41) is 3.41. The first-order valence-electron chi connectivity index (χ1n) is 7.48. The molecule has 104 valence electrons. The van der Waals surface area contributed by atoms with Crippen LogP contribution in [0.2, 0.25) is 0 Å². The van der Waals surface area contributed by atoms with Crippen molar-refractivity contribution >= 4 is 0 Å². The van der Waals surface area contributed by atoms with Crippen molar-refractivity contribution in [2.24, 2.45) is 0 Å². The second-order valence-electron chi connectivity index (χ2n) is 5.69. The molecule has 0 aliphatic heterocycles. The summed E-state index contributed by atoms with van der Waals surface area (Å²) in [6.07, 6.45) is 5.96. The van der Waals surface area contributed by atoms with Crippen LogP contribution in [0.3, 0.4) is 0 Å². The van der Waals surface area contributed by atoms with Gasteiger partial charge in [0, 0.05) is 11.9 Å². The molecule has 1 fully saturated rings. The van der Waals surface area contributed by atoms with Gasteiger partial charge in [0.25, 0.3) is 0 Å². The van der Waals surface area contributed by atoms with Gasteiger partial charge in [-0.15, -0.1) is 0 Å². The first-order valence-corrected chi connectivity index (χ1v) is 7.48. The van der Waals surface area contributed by atoms with E-state index in [1.54, 1.807) is 0 Å². The molecule has 1 unspecified atom stereocenters. The van der Waals surface area contributed by atoms with Crippen LogP contribution < -0.4 is 5.32 Å². The molecule has 0 spiro atoms. The van der Waals surface area contributed by atoms with E-state index in [4.69, 9.17) is 0 Å². The van der Waals surface area contributed by atoms with Gasteiger partial charge in [0.1, 0.15) is 0 Å². The molecule has 2 heteroatoms. The fourth-order valence-electron chi connectivity index (χ4n) is 3.01. The summed E-state index contributed by atoms with van der Waals surface area (Å²) in [5.41, 5.74) is 5.16. The normalized spacial score (nSPS) is 16.7. The fraction of sp³-hybridized carbons (Fsp3) is 0.389. The van der Waals surface area contributed by atoms with E-state index >= 15 is 0 Å². The molecule has 2 aromatic rings. The van der Waals surface area contributed by atoms with Gasteiger partial charge in [-0.1, -0.05) is 36.8 Å². The minimum atomic E-state index is 0.221. The second kappa shape index (κ2) is 5.76. The Kier molecular flexibility index (Phi) is 3.83. The molecule has 0 amide bonds. The summed E-state index contributed by atoms with van der Waals surface area (Å²) >= 11 is 0. The van der Waals surface area contributed by atoms with Crippen LogP contribution >= 0.6 is 0 Å². The highest BCUT2D eigenvalue weighted by atomic mass is 14.9. The molecule has 0 saturated heterocycles. The topological polar surface area (TPSA) is 24.9 Å². The molecule has 1 aromatic heterocycles. The molecule has 1 aliphatic carbocycles. The lowest BCUT2D eigenvalue weighted by Crippen LogP contribution is -2.19. The van der Waals surface area contributed by atoms with Gasteiger partial charge in [-0.05, 0) is 55.5 Å². The minimum Gasteiger partial charge on any atom is -0.309 e. The summed E-state index contributed by atoms with van der Waals surface area (Å²) in [4.78, 5) is 4.40. The highest BCUT2D eigenvalue weighted by molar-refractivity contribution is 5.36. The molecule has 1 atom stereocenters. The lowest BCUT2D eigenvalue weighted by molar-refractivity contribution is 0.419. The fourth-order valence-corrected chi connectivity index (χ4v) is 3.01. The van der Waals surface area contributed by atoms with Crippen molar-refractivity contribution in [1.82, 2.24) is 10.3 Å².